The van der Waals surface area contributed by atoms with Crippen molar-refractivity contribution in [1.82, 2.24) is 4.90 Å². The second-order valence-electron chi connectivity index (χ2n) is 6.76. The fraction of sp³-hybridized carbons (Fsp3) is 0.588. The smallest absolute Gasteiger partial charge is 0.259 e. The van der Waals surface area contributed by atoms with Crippen molar-refractivity contribution in [2.75, 3.05) is 25.4 Å². The van der Waals surface area contributed by atoms with Gasteiger partial charge in [-0.15, -0.1) is 0 Å². The van der Waals surface area contributed by atoms with Gasteiger partial charge >= 0.3 is 0 Å². The molecule has 116 valence electrons. The highest BCUT2D eigenvalue weighted by Crippen LogP contribution is 2.35. The third kappa shape index (κ3) is 3.31. The molecule has 2 rings (SSSR count). The van der Waals surface area contributed by atoms with Crippen LogP contribution in [0.2, 0.25) is 0 Å². The van der Waals surface area contributed by atoms with Crippen molar-refractivity contribution < 1.29 is 9.53 Å². The number of hydrogen-bond acceptors (Lipinski definition) is 3. The molecule has 1 amide bonds. The fourth-order valence-electron chi connectivity index (χ4n) is 2.86. The molecular formula is C17H26N2O2. The van der Waals surface area contributed by atoms with Gasteiger partial charge in [0.15, 0.2) is 0 Å². The van der Waals surface area contributed by atoms with Gasteiger partial charge in [-0.3, -0.25) is 4.79 Å². The van der Waals surface area contributed by atoms with Crippen LogP contribution < -0.4 is 10.5 Å². The Kier molecular flexibility index (Phi) is 4.45. The van der Waals surface area contributed by atoms with Crippen molar-refractivity contribution in [3.05, 3.63) is 23.8 Å². The zero-order valence-corrected chi connectivity index (χ0v) is 13.5. The van der Waals surface area contributed by atoms with E-state index < -0.39 is 0 Å². The van der Waals surface area contributed by atoms with E-state index in [0.717, 1.165) is 19.5 Å². The Bertz CT molecular complexity index is 520. The summed E-state index contributed by atoms with van der Waals surface area (Å²) < 4.78 is 5.57. The largest absolute Gasteiger partial charge is 0.493 e. The van der Waals surface area contributed by atoms with Crippen molar-refractivity contribution in [3.8, 4) is 5.75 Å². The number of hydrogen-bond donors (Lipinski definition) is 1. The molecule has 2 N–H and O–H groups in total. The van der Waals surface area contributed by atoms with E-state index in [0.29, 0.717) is 29.5 Å². The Morgan fingerprint density at radius 2 is 2.14 bits per heavy atom. The third-order valence-corrected chi connectivity index (χ3v) is 4.27. The Labute approximate surface area is 127 Å². The van der Waals surface area contributed by atoms with Crippen LogP contribution in [0.4, 0.5) is 5.69 Å². The molecule has 4 nitrogen and oxygen atoms in total. The van der Waals surface area contributed by atoms with Crippen LogP contribution in [0, 0.1) is 11.3 Å². The molecule has 1 aromatic carbocycles. The molecule has 0 aliphatic carbocycles. The van der Waals surface area contributed by atoms with Crippen molar-refractivity contribution >= 4 is 11.6 Å². The van der Waals surface area contributed by atoms with Crippen LogP contribution in [0.25, 0.3) is 0 Å². The zero-order chi connectivity index (χ0) is 15.6. The Hall–Kier alpha value is -1.71. The highest BCUT2D eigenvalue weighted by molar-refractivity contribution is 6.02. The average Bonchev–Trinajstić information content (AvgIpc) is 2.88. The summed E-state index contributed by atoms with van der Waals surface area (Å²) in [6.45, 7) is 10.7. The summed E-state index contributed by atoms with van der Waals surface area (Å²) in [7, 11) is 0. The van der Waals surface area contributed by atoms with Gasteiger partial charge < -0.3 is 15.4 Å². The fourth-order valence-corrected chi connectivity index (χ4v) is 2.86. The molecule has 0 saturated carbocycles. The summed E-state index contributed by atoms with van der Waals surface area (Å²) in [5, 5.41) is 0. The minimum Gasteiger partial charge on any atom is -0.493 e. The number of benzene rings is 1. The number of amides is 1. The molecule has 1 heterocycles. The second kappa shape index (κ2) is 5.96. The summed E-state index contributed by atoms with van der Waals surface area (Å²) in [6.07, 6.45) is 1.05. The number of rotatable bonds is 3. The SMILES string of the molecule is CCOc1cccc(N)c1C(=O)N1CCC(C(C)(C)C)C1. The molecule has 1 aromatic rings. The number of carbonyl (C=O) groups excluding carboxylic acids is 1. The molecule has 1 unspecified atom stereocenters. The van der Waals surface area contributed by atoms with Gasteiger partial charge in [0.2, 0.25) is 0 Å². The van der Waals surface area contributed by atoms with Crippen LogP contribution in [0.1, 0.15) is 44.5 Å². The molecule has 1 aliphatic rings. The van der Waals surface area contributed by atoms with E-state index in [1.807, 2.05) is 24.0 Å². The Balaban J connectivity index is 2.22. The van der Waals surface area contributed by atoms with Crippen molar-refractivity contribution in [2.24, 2.45) is 11.3 Å². The number of nitrogens with two attached hydrogens (primary N) is 1. The van der Waals surface area contributed by atoms with Gasteiger partial charge in [0, 0.05) is 18.8 Å². The van der Waals surface area contributed by atoms with E-state index in [1.165, 1.54) is 0 Å². The predicted octanol–water partition coefficient (Wildman–Crippen LogP) is 3.18. The molecule has 0 aromatic heterocycles. The number of nitrogen functional groups attached to an aromatic ring is 1. The first-order chi connectivity index (χ1) is 9.84. The van der Waals surface area contributed by atoms with Crippen LogP contribution >= 0.6 is 0 Å². The maximum Gasteiger partial charge on any atom is 0.259 e. The summed E-state index contributed by atoms with van der Waals surface area (Å²) in [4.78, 5) is 14.7. The van der Waals surface area contributed by atoms with Gasteiger partial charge in [-0.25, -0.2) is 0 Å². The third-order valence-electron chi connectivity index (χ3n) is 4.27. The number of anilines is 1. The first kappa shape index (κ1) is 15.7. The molecule has 1 fully saturated rings. The van der Waals surface area contributed by atoms with Gasteiger partial charge in [-0.2, -0.15) is 0 Å². The van der Waals surface area contributed by atoms with Crippen LogP contribution in [0.3, 0.4) is 0 Å². The lowest BCUT2D eigenvalue weighted by Gasteiger charge is -2.27. The van der Waals surface area contributed by atoms with Crippen LogP contribution in [-0.2, 0) is 0 Å². The average molecular weight is 290 g/mol. The summed E-state index contributed by atoms with van der Waals surface area (Å²) in [6, 6.07) is 5.39. The molecule has 0 radical (unpaired) electrons. The second-order valence-corrected chi connectivity index (χ2v) is 6.76. The number of likely N-dealkylation sites (tertiary alicyclic amines) is 1. The standard InChI is InChI=1S/C17H26N2O2/c1-5-21-14-8-6-7-13(18)15(14)16(20)19-10-9-12(11-19)17(2,3)4/h6-8,12H,5,9-11,18H2,1-4H3. The maximum atomic E-state index is 12.8. The van der Waals surface area contributed by atoms with Gasteiger partial charge in [-0.05, 0) is 36.8 Å². The number of carbonyl (C=O) groups is 1. The Morgan fingerprint density at radius 1 is 1.43 bits per heavy atom. The zero-order valence-electron chi connectivity index (χ0n) is 13.5. The van der Waals surface area contributed by atoms with Gasteiger partial charge in [0.25, 0.3) is 5.91 Å². The quantitative estimate of drug-likeness (QED) is 0.870. The van der Waals surface area contributed by atoms with Crippen LogP contribution in [0.15, 0.2) is 18.2 Å². The van der Waals surface area contributed by atoms with E-state index in [2.05, 4.69) is 20.8 Å². The minimum atomic E-state index is -0.0108. The first-order valence-electron chi connectivity index (χ1n) is 7.65. The van der Waals surface area contributed by atoms with Gasteiger partial charge in [0.05, 0.1) is 6.61 Å². The predicted molar refractivity (Wildman–Crippen MR) is 85.5 cm³/mol. The van der Waals surface area contributed by atoms with Crippen LogP contribution in [-0.4, -0.2) is 30.5 Å². The topological polar surface area (TPSA) is 55.6 Å². The minimum absolute atomic E-state index is 0.0108. The van der Waals surface area contributed by atoms with Crippen LogP contribution in [0.5, 0.6) is 5.75 Å². The molecule has 21 heavy (non-hydrogen) atoms. The first-order valence-corrected chi connectivity index (χ1v) is 7.65. The molecule has 1 aliphatic heterocycles. The molecule has 0 bridgehead atoms. The lowest BCUT2D eigenvalue weighted by atomic mass is 9.80. The van der Waals surface area contributed by atoms with E-state index >= 15 is 0 Å². The number of nitrogens with zero attached hydrogens (tertiary/aromatic N) is 1. The summed E-state index contributed by atoms with van der Waals surface area (Å²) in [5.74, 6) is 1.10. The van der Waals surface area contributed by atoms with Crippen molar-refractivity contribution in [2.45, 2.75) is 34.1 Å². The number of ether oxygens (including phenoxy) is 1. The normalized spacial score (nSPS) is 18.9. The lowest BCUT2D eigenvalue weighted by Crippen LogP contribution is -2.32. The summed E-state index contributed by atoms with van der Waals surface area (Å²) in [5.41, 5.74) is 7.23. The lowest BCUT2D eigenvalue weighted by molar-refractivity contribution is 0.0773. The Morgan fingerprint density at radius 3 is 2.71 bits per heavy atom. The van der Waals surface area contributed by atoms with Gasteiger partial charge in [0.1, 0.15) is 11.3 Å². The van der Waals surface area contributed by atoms with Crippen molar-refractivity contribution in [3.63, 3.8) is 0 Å². The van der Waals surface area contributed by atoms with E-state index in [4.69, 9.17) is 10.5 Å². The molecular weight excluding hydrogens is 264 g/mol. The maximum absolute atomic E-state index is 12.8. The highest BCUT2D eigenvalue weighted by atomic mass is 16.5. The molecule has 0 spiro atoms. The van der Waals surface area contributed by atoms with Crippen molar-refractivity contribution in [1.29, 1.82) is 0 Å². The highest BCUT2D eigenvalue weighted by Gasteiger charge is 2.35. The molecule has 1 saturated heterocycles. The molecule has 1 atom stereocenters. The van der Waals surface area contributed by atoms with Gasteiger partial charge in [-0.1, -0.05) is 26.8 Å². The van der Waals surface area contributed by atoms with E-state index in [-0.39, 0.29) is 11.3 Å². The molecule has 4 heteroatoms. The van der Waals surface area contributed by atoms with E-state index in [1.54, 1.807) is 6.07 Å². The van der Waals surface area contributed by atoms with E-state index in [9.17, 15) is 4.79 Å². The monoisotopic (exact) mass is 290 g/mol. The summed E-state index contributed by atoms with van der Waals surface area (Å²) >= 11 is 0.